The van der Waals surface area contributed by atoms with Crippen LogP contribution < -0.4 is 14.2 Å². The molecular formula is C35H35BrO11. The minimum Gasteiger partial charge on any atom is -0.497 e. The second-order valence-electron chi connectivity index (χ2n) is 12.7. The van der Waals surface area contributed by atoms with E-state index in [0.29, 0.717) is 15.8 Å². The molecule has 0 unspecified atom stereocenters. The van der Waals surface area contributed by atoms with Gasteiger partial charge in [-0.3, -0.25) is 4.79 Å². The molecule has 3 aromatic carbocycles. The molecule has 4 aliphatic heterocycles. The zero-order valence-electron chi connectivity index (χ0n) is 26.5. The van der Waals surface area contributed by atoms with Crippen molar-refractivity contribution in [2.24, 2.45) is 0 Å². The molecule has 0 radical (unpaired) electrons. The van der Waals surface area contributed by atoms with Gasteiger partial charge in [0.25, 0.3) is 0 Å². The van der Waals surface area contributed by atoms with Crippen molar-refractivity contribution in [3.63, 3.8) is 0 Å². The summed E-state index contributed by atoms with van der Waals surface area (Å²) < 4.78 is 54.7. The van der Waals surface area contributed by atoms with E-state index in [4.69, 9.17) is 42.6 Å². The molecule has 0 aromatic heterocycles. The van der Waals surface area contributed by atoms with Crippen LogP contribution in [-0.4, -0.2) is 67.9 Å². The van der Waals surface area contributed by atoms with Crippen molar-refractivity contribution in [1.29, 1.82) is 0 Å². The molecular weight excluding hydrogens is 676 g/mol. The predicted molar refractivity (Wildman–Crippen MR) is 168 cm³/mol. The Hall–Kier alpha value is -3.52. The lowest BCUT2D eigenvalue weighted by Crippen LogP contribution is -2.51. The van der Waals surface area contributed by atoms with E-state index in [9.17, 15) is 9.59 Å². The number of carbonyl (C=O) groups is 2. The number of hydrogen-bond acceptors (Lipinski definition) is 11. The zero-order valence-corrected chi connectivity index (χ0v) is 28.1. The summed E-state index contributed by atoms with van der Waals surface area (Å²) in [6.07, 6.45) is -4.08. The molecule has 0 bridgehead atoms. The quantitative estimate of drug-likeness (QED) is 0.175. The van der Waals surface area contributed by atoms with Crippen LogP contribution in [0.25, 0.3) is 0 Å². The van der Waals surface area contributed by atoms with Crippen molar-refractivity contribution in [3.05, 3.63) is 87.9 Å². The third-order valence-electron chi connectivity index (χ3n) is 8.69. The molecule has 0 amide bonds. The molecule has 0 spiro atoms. The SMILES string of the molecule is COc1ccc(COc2c(Br)cccc2[C@]2(C(=O)O[C@@H]3[C@H]4OC(C)(C)O[C@H]4O[C@@H]3[C@H]3COC(C)(C)O3)C(=O)Oc3ccccc32)cc1. The predicted octanol–water partition coefficient (Wildman–Crippen LogP) is 5.18. The maximum Gasteiger partial charge on any atom is 0.338 e. The summed E-state index contributed by atoms with van der Waals surface area (Å²) in [6, 6.07) is 19.3. The van der Waals surface area contributed by atoms with Crippen LogP contribution in [0, 0.1) is 0 Å². The van der Waals surface area contributed by atoms with Crippen LogP contribution >= 0.6 is 15.9 Å². The van der Waals surface area contributed by atoms with Gasteiger partial charge in [-0.05, 0) is 73.5 Å². The maximum atomic E-state index is 14.9. The van der Waals surface area contributed by atoms with Gasteiger partial charge in [0, 0.05) is 11.1 Å². The average molecular weight is 712 g/mol. The Morgan fingerprint density at radius 3 is 2.36 bits per heavy atom. The van der Waals surface area contributed by atoms with Crippen molar-refractivity contribution in [2.75, 3.05) is 13.7 Å². The maximum absolute atomic E-state index is 14.9. The molecule has 7 rings (SSSR count). The zero-order chi connectivity index (χ0) is 33.1. The van der Waals surface area contributed by atoms with Crippen molar-refractivity contribution in [3.8, 4) is 17.2 Å². The fourth-order valence-electron chi connectivity index (χ4n) is 6.57. The monoisotopic (exact) mass is 710 g/mol. The van der Waals surface area contributed by atoms with E-state index in [1.54, 1.807) is 77.3 Å². The smallest absolute Gasteiger partial charge is 0.338 e. The van der Waals surface area contributed by atoms with Crippen molar-refractivity contribution < 1.29 is 52.2 Å². The van der Waals surface area contributed by atoms with Gasteiger partial charge in [0.15, 0.2) is 30.1 Å². The fraction of sp³-hybridized carbons (Fsp3) is 0.429. The number of carbonyl (C=O) groups excluding carboxylic acids is 2. The first-order valence-electron chi connectivity index (χ1n) is 15.3. The van der Waals surface area contributed by atoms with E-state index in [1.807, 2.05) is 24.3 Å². The lowest BCUT2D eigenvalue weighted by Gasteiger charge is -2.32. The van der Waals surface area contributed by atoms with Crippen molar-refractivity contribution >= 4 is 27.9 Å². The molecule has 4 aliphatic rings. The molecule has 47 heavy (non-hydrogen) atoms. The van der Waals surface area contributed by atoms with Gasteiger partial charge in [-0.1, -0.05) is 42.5 Å². The minimum absolute atomic E-state index is 0.138. The Labute approximate surface area is 280 Å². The molecule has 3 aromatic rings. The number of fused-ring (bicyclic) bond motifs is 2. The standard InChI is InChI=1S/C35H35BrO11/c1-33(2)41-18-25(45-33)27-28(29-30(43-27)47-34(3,4)46-29)44-32(38)35(21-9-6-7-12-24(21)42-31(35)37)22-10-8-11-23(36)26(22)40-17-19-13-15-20(39-5)16-14-19/h6-16,25,27-30H,17-18H2,1-5H3/t25-,27-,28+,29-,30-,35+/m1/s1. The summed E-state index contributed by atoms with van der Waals surface area (Å²) in [7, 11) is 1.60. The highest BCUT2D eigenvalue weighted by Crippen LogP contribution is 2.51. The number of ether oxygens (including phenoxy) is 9. The Morgan fingerprint density at radius 1 is 0.894 bits per heavy atom. The molecule has 248 valence electrons. The fourth-order valence-corrected chi connectivity index (χ4v) is 7.05. The van der Waals surface area contributed by atoms with Crippen molar-refractivity contribution in [2.45, 2.75) is 82.0 Å². The lowest BCUT2D eigenvalue weighted by molar-refractivity contribution is -0.236. The summed E-state index contributed by atoms with van der Waals surface area (Å²) in [4.78, 5) is 29.1. The van der Waals surface area contributed by atoms with Gasteiger partial charge in [0.05, 0.1) is 18.2 Å². The number of halogens is 1. The van der Waals surface area contributed by atoms with Crippen LogP contribution in [0.4, 0.5) is 0 Å². The summed E-state index contributed by atoms with van der Waals surface area (Å²) in [5.74, 6) is -2.36. The lowest BCUT2D eigenvalue weighted by atomic mass is 9.75. The largest absolute Gasteiger partial charge is 0.497 e. The van der Waals surface area contributed by atoms with E-state index < -0.39 is 59.6 Å². The molecule has 12 heteroatoms. The highest BCUT2D eigenvalue weighted by molar-refractivity contribution is 9.10. The average Bonchev–Trinajstić information content (AvgIpc) is 3.74. The van der Waals surface area contributed by atoms with Gasteiger partial charge >= 0.3 is 11.9 Å². The molecule has 0 saturated carbocycles. The van der Waals surface area contributed by atoms with Gasteiger partial charge in [-0.25, -0.2) is 4.79 Å². The Morgan fingerprint density at radius 2 is 1.64 bits per heavy atom. The number of rotatable bonds is 8. The summed E-state index contributed by atoms with van der Waals surface area (Å²) >= 11 is 3.59. The number of methoxy groups -OCH3 is 1. The summed E-state index contributed by atoms with van der Waals surface area (Å²) in [6.45, 7) is 7.42. The Kier molecular flexibility index (Phi) is 8.09. The van der Waals surface area contributed by atoms with Crippen LogP contribution in [0.1, 0.15) is 44.4 Å². The number of para-hydroxylation sites is 2. The van der Waals surface area contributed by atoms with Gasteiger partial charge in [-0.2, -0.15) is 0 Å². The molecule has 0 aliphatic carbocycles. The van der Waals surface area contributed by atoms with Crippen LogP contribution in [-0.2, 0) is 50.0 Å². The van der Waals surface area contributed by atoms with E-state index >= 15 is 0 Å². The van der Waals surface area contributed by atoms with Crippen molar-refractivity contribution in [1.82, 2.24) is 0 Å². The topological polar surface area (TPSA) is 117 Å². The summed E-state index contributed by atoms with van der Waals surface area (Å²) in [5, 5.41) is 0. The van der Waals surface area contributed by atoms with E-state index in [-0.39, 0.29) is 30.3 Å². The van der Waals surface area contributed by atoms with E-state index in [1.165, 1.54) is 0 Å². The van der Waals surface area contributed by atoms with Crippen LogP contribution in [0.5, 0.6) is 17.2 Å². The first kappa shape index (κ1) is 32.0. The molecule has 3 fully saturated rings. The molecule has 3 saturated heterocycles. The highest BCUT2D eigenvalue weighted by atomic mass is 79.9. The second kappa shape index (κ2) is 11.9. The normalized spacial score (nSPS) is 30.0. The van der Waals surface area contributed by atoms with Crippen LogP contribution in [0.15, 0.2) is 71.2 Å². The van der Waals surface area contributed by atoms with Gasteiger partial charge < -0.3 is 42.6 Å². The second-order valence-corrected chi connectivity index (χ2v) is 13.5. The Balaban J connectivity index is 1.29. The third-order valence-corrected chi connectivity index (χ3v) is 9.31. The molecule has 11 nitrogen and oxygen atoms in total. The van der Waals surface area contributed by atoms with E-state index in [0.717, 1.165) is 5.56 Å². The summed E-state index contributed by atoms with van der Waals surface area (Å²) in [5.41, 5.74) is -0.643. The first-order chi connectivity index (χ1) is 22.4. The van der Waals surface area contributed by atoms with E-state index in [2.05, 4.69) is 15.9 Å². The first-order valence-corrected chi connectivity index (χ1v) is 16.1. The molecule has 6 atom stereocenters. The van der Waals surface area contributed by atoms with Crippen LogP contribution in [0.2, 0.25) is 0 Å². The Bertz CT molecular complexity index is 1690. The molecule has 0 N–H and O–H groups in total. The number of benzene rings is 3. The molecule has 4 heterocycles. The van der Waals surface area contributed by atoms with Crippen LogP contribution in [0.3, 0.4) is 0 Å². The number of hydrogen-bond donors (Lipinski definition) is 0. The van der Waals surface area contributed by atoms with Gasteiger partial charge in [0.1, 0.15) is 36.1 Å². The minimum atomic E-state index is -2.06. The third kappa shape index (κ3) is 5.60. The highest BCUT2D eigenvalue weighted by Gasteiger charge is 2.64. The number of esters is 2. The van der Waals surface area contributed by atoms with Gasteiger partial charge in [-0.15, -0.1) is 0 Å². The van der Waals surface area contributed by atoms with Gasteiger partial charge in [0.2, 0.25) is 5.41 Å².